The lowest BCUT2D eigenvalue weighted by Crippen LogP contribution is -2.27. The van der Waals surface area contributed by atoms with Crippen molar-refractivity contribution in [2.24, 2.45) is 0 Å². The molecule has 0 unspecified atom stereocenters. The molecule has 33 heavy (non-hydrogen) atoms. The second kappa shape index (κ2) is 8.62. The summed E-state index contributed by atoms with van der Waals surface area (Å²) in [6, 6.07) is 19.6. The van der Waals surface area contributed by atoms with Crippen molar-refractivity contribution in [1.82, 2.24) is 0 Å². The highest BCUT2D eigenvalue weighted by atomic mass is 19.1. The van der Waals surface area contributed by atoms with Gasteiger partial charge in [0.15, 0.2) is 17.3 Å². The van der Waals surface area contributed by atoms with Crippen molar-refractivity contribution in [3.8, 4) is 11.5 Å². The van der Waals surface area contributed by atoms with Crippen LogP contribution in [-0.2, 0) is 4.79 Å². The minimum Gasteiger partial charge on any atom is -0.493 e. The third-order valence-electron chi connectivity index (χ3n) is 6.37. The fourth-order valence-electron chi connectivity index (χ4n) is 4.77. The molecule has 3 aromatic carbocycles. The van der Waals surface area contributed by atoms with Gasteiger partial charge in [-0.25, -0.2) is 4.39 Å². The van der Waals surface area contributed by atoms with Crippen LogP contribution in [0.3, 0.4) is 0 Å². The molecular formula is C27H25FN2O3. The van der Waals surface area contributed by atoms with Gasteiger partial charge in [0.25, 0.3) is 0 Å². The second-order valence-corrected chi connectivity index (χ2v) is 8.34. The normalized spacial score (nSPS) is 19.5. The lowest BCUT2D eigenvalue weighted by atomic mass is 9.78. The Morgan fingerprint density at radius 3 is 2.39 bits per heavy atom. The third kappa shape index (κ3) is 3.93. The number of nitrogens with one attached hydrogen (secondary N) is 2. The molecule has 0 fully saturated rings. The number of Topliss-reactive ketones (excluding diaryl/α,β-unsaturated/α-hetero) is 1. The second-order valence-electron chi connectivity index (χ2n) is 8.34. The first-order valence-electron chi connectivity index (χ1n) is 10.9. The molecule has 2 N–H and O–H groups in total. The summed E-state index contributed by atoms with van der Waals surface area (Å²) >= 11 is 0. The highest BCUT2D eigenvalue weighted by Crippen LogP contribution is 2.45. The van der Waals surface area contributed by atoms with Crippen LogP contribution in [0.4, 0.5) is 15.8 Å². The molecule has 0 bridgehead atoms. The number of benzene rings is 3. The fraction of sp³-hybridized carbons (Fsp3) is 0.222. The SMILES string of the molecule is COc1ccc([C@@H]2CC(=O)C3=C(C2)Nc2ccccc2N[C@H]3c2cccc(F)c2)cc1OC. The summed E-state index contributed by atoms with van der Waals surface area (Å²) in [6.07, 6.45) is 1.01. The lowest BCUT2D eigenvalue weighted by molar-refractivity contribution is -0.116. The van der Waals surface area contributed by atoms with Crippen molar-refractivity contribution in [3.05, 3.63) is 94.9 Å². The number of anilines is 2. The van der Waals surface area contributed by atoms with Gasteiger partial charge in [0, 0.05) is 17.7 Å². The van der Waals surface area contributed by atoms with Crippen LogP contribution >= 0.6 is 0 Å². The molecule has 1 heterocycles. The first-order valence-corrected chi connectivity index (χ1v) is 10.9. The van der Waals surface area contributed by atoms with Crippen molar-refractivity contribution >= 4 is 17.2 Å². The van der Waals surface area contributed by atoms with Crippen LogP contribution in [0.1, 0.15) is 35.9 Å². The molecule has 0 radical (unpaired) electrons. The van der Waals surface area contributed by atoms with Crippen LogP contribution < -0.4 is 20.1 Å². The number of allylic oxidation sites excluding steroid dienone is 1. The number of ketones is 1. The van der Waals surface area contributed by atoms with Gasteiger partial charge in [-0.2, -0.15) is 0 Å². The zero-order valence-corrected chi connectivity index (χ0v) is 18.5. The minimum absolute atomic E-state index is 0.0121. The maximum absolute atomic E-state index is 14.1. The molecule has 1 aliphatic carbocycles. The molecular weight excluding hydrogens is 419 g/mol. The number of methoxy groups -OCH3 is 2. The van der Waals surface area contributed by atoms with Gasteiger partial charge in [-0.1, -0.05) is 30.3 Å². The molecule has 0 saturated heterocycles. The summed E-state index contributed by atoms with van der Waals surface area (Å²) in [7, 11) is 3.21. The van der Waals surface area contributed by atoms with E-state index >= 15 is 0 Å². The van der Waals surface area contributed by atoms with Crippen molar-refractivity contribution in [2.75, 3.05) is 24.9 Å². The van der Waals surface area contributed by atoms with E-state index in [1.54, 1.807) is 20.3 Å². The molecule has 0 amide bonds. The maximum atomic E-state index is 14.1. The molecule has 2 aliphatic rings. The Morgan fingerprint density at radius 2 is 1.64 bits per heavy atom. The molecule has 0 saturated carbocycles. The highest BCUT2D eigenvalue weighted by Gasteiger charge is 2.36. The molecule has 0 spiro atoms. The Labute approximate surface area is 192 Å². The molecule has 5 nitrogen and oxygen atoms in total. The molecule has 2 atom stereocenters. The predicted octanol–water partition coefficient (Wildman–Crippen LogP) is 5.82. The number of fused-ring (bicyclic) bond motifs is 1. The average molecular weight is 445 g/mol. The number of rotatable bonds is 4. The monoisotopic (exact) mass is 444 g/mol. The number of hydrogen-bond acceptors (Lipinski definition) is 5. The number of ether oxygens (including phenoxy) is 2. The van der Waals surface area contributed by atoms with Crippen molar-refractivity contribution < 1.29 is 18.7 Å². The molecule has 168 valence electrons. The summed E-state index contributed by atoms with van der Waals surface area (Å²) in [5.74, 6) is 0.995. The van der Waals surface area contributed by atoms with E-state index in [2.05, 4.69) is 10.6 Å². The van der Waals surface area contributed by atoms with Gasteiger partial charge < -0.3 is 20.1 Å². The minimum atomic E-state index is -0.439. The standard InChI is InChI=1S/C27H25FN2O3/c1-32-24-11-10-16(15-25(24)33-2)18-13-22-26(23(31)14-18)27(17-6-5-7-19(28)12-17)30-21-9-4-3-8-20(21)29-22/h3-12,15,18,27,29-30H,13-14H2,1-2H3/t18-,27-/m0/s1. The van der Waals surface area contributed by atoms with Crippen molar-refractivity contribution in [1.29, 1.82) is 0 Å². The maximum Gasteiger partial charge on any atom is 0.163 e. The Morgan fingerprint density at radius 1 is 0.848 bits per heavy atom. The third-order valence-corrected chi connectivity index (χ3v) is 6.37. The van der Waals surface area contributed by atoms with E-state index < -0.39 is 6.04 Å². The number of para-hydroxylation sites is 2. The summed E-state index contributed by atoms with van der Waals surface area (Å²) in [5.41, 5.74) is 5.02. The van der Waals surface area contributed by atoms with Gasteiger partial charge in [-0.3, -0.25) is 4.79 Å². The topological polar surface area (TPSA) is 59.6 Å². The number of carbonyl (C=O) groups excluding carboxylic acids is 1. The van der Waals surface area contributed by atoms with Crippen LogP contribution in [0, 0.1) is 5.82 Å². The average Bonchev–Trinajstić information content (AvgIpc) is 3.00. The van der Waals surface area contributed by atoms with Gasteiger partial charge in [0.2, 0.25) is 0 Å². The van der Waals surface area contributed by atoms with Gasteiger partial charge in [0.05, 0.1) is 31.6 Å². The smallest absolute Gasteiger partial charge is 0.163 e. The van der Waals surface area contributed by atoms with Crippen LogP contribution in [0.15, 0.2) is 78.0 Å². The first kappa shape index (κ1) is 21.1. The van der Waals surface area contributed by atoms with E-state index in [0.29, 0.717) is 29.9 Å². The van der Waals surface area contributed by atoms with E-state index in [-0.39, 0.29) is 17.5 Å². The zero-order chi connectivity index (χ0) is 22.9. The molecule has 6 heteroatoms. The number of carbonyl (C=O) groups is 1. The quantitative estimate of drug-likeness (QED) is 0.531. The van der Waals surface area contributed by atoms with Crippen LogP contribution in [-0.4, -0.2) is 20.0 Å². The summed E-state index contributed by atoms with van der Waals surface area (Å²) in [5, 5.41) is 6.98. The van der Waals surface area contributed by atoms with Crippen molar-refractivity contribution in [2.45, 2.75) is 24.8 Å². The molecule has 1 aliphatic heterocycles. The van der Waals surface area contributed by atoms with Gasteiger partial charge in [-0.05, 0) is 59.9 Å². The summed E-state index contributed by atoms with van der Waals surface area (Å²) in [6.45, 7) is 0. The number of hydrogen-bond donors (Lipinski definition) is 2. The van der Waals surface area contributed by atoms with Gasteiger partial charge in [-0.15, -0.1) is 0 Å². The van der Waals surface area contributed by atoms with Gasteiger partial charge >= 0.3 is 0 Å². The Balaban J connectivity index is 1.58. The van der Waals surface area contributed by atoms with Crippen LogP contribution in [0.2, 0.25) is 0 Å². The van der Waals surface area contributed by atoms with E-state index in [1.165, 1.54) is 12.1 Å². The lowest BCUT2D eigenvalue weighted by Gasteiger charge is -2.30. The molecule has 3 aromatic rings. The van der Waals surface area contributed by atoms with E-state index in [1.807, 2.05) is 48.5 Å². The van der Waals surface area contributed by atoms with Gasteiger partial charge in [0.1, 0.15) is 5.82 Å². The Kier molecular flexibility index (Phi) is 5.50. The predicted molar refractivity (Wildman–Crippen MR) is 126 cm³/mol. The van der Waals surface area contributed by atoms with E-state index in [9.17, 15) is 9.18 Å². The zero-order valence-electron chi connectivity index (χ0n) is 18.5. The summed E-state index contributed by atoms with van der Waals surface area (Å²) < 4.78 is 24.9. The fourth-order valence-corrected chi connectivity index (χ4v) is 4.77. The van der Waals surface area contributed by atoms with E-state index in [4.69, 9.17) is 9.47 Å². The van der Waals surface area contributed by atoms with Crippen LogP contribution in [0.25, 0.3) is 0 Å². The van der Waals surface area contributed by atoms with Crippen molar-refractivity contribution in [3.63, 3.8) is 0 Å². The molecule has 0 aromatic heterocycles. The summed E-state index contributed by atoms with van der Waals surface area (Å²) in [4.78, 5) is 13.6. The highest BCUT2D eigenvalue weighted by molar-refractivity contribution is 6.01. The Hall–Kier alpha value is -3.80. The van der Waals surface area contributed by atoms with Crippen LogP contribution in [0.5, 0.6) is 11.5 Å². The Bertz CT molecular complexity index is 1250. The first-order chi connectivity index (χ1) is 16.1. The largest absolute Gasteiger partial charge is 0.493 e. The van der Waals surface area contributed by atoms with E-state index in [0.717, 1.165) is 28.2 Å². The molecule has 5 rings (SSSR count). The number of halogens is 1.